The lowest BCUT2D eigenvalue weighted by atomic mass is 9.99. The molecule has 6 heteroatoms. The van der Waals surface area contributed by atoms with Crippen LogP contribution in [0.15, 0.2) is 18.2 Å². The molecule has 1 aliphatic carbocycles. The van der Waals surface area contributed by atoms with Gasteiger partial charge in [-0.05, 0) is 64.2 Å². The Morgan fingerprint density at radius 2 is 2.04 bits per heavy atom. The summed E-state index contributed by atoms with van der Waals surface area (Å²) in [5.74, 6) is -0.124. The number of carbonyl (C=O) groups is 1. The van der Waals surface area contributed by atoms with Crippen LogP contribution in [0.5, 0.6) is 0 Å². The Kier molecular flexibility index (Phi) is 5.06. The number of hydrogen-bond acceptors (Lipinski definition) is 3. The second-order valence-corrected chi connectivity index (χ2v) is 7.53. The number of rotatable bonds is 4. The summed E-state index contributed by atoms with van der Waals surface area (Å²) in [6, 6.07) is 8.10. The summed E-state index contributed by atoms with van der Waals surface area (Å²) in [6.07, 6.45) is 3.65. The minimum atomic E-state index is -0.695. The van der Waals surface area contributed by atoms with Crippen LogP contribution in [0.3, 0.4) is 0 Å². The highest BCUT2D eigenvalue weighted by Crippen LogP contribution is 2.29. The van der Waals surface area contributed by atoms with Crippen LogP contribution in [0, 0.1) is 32.1 Å². The molecular formula is C20H23ClN4O. The van der Waals surface area contributed by atoms with E-state index in [2.05, 4.69) is 16.5 Å². The average molecular weight is 371 g/mol. The lowest BCUT2D eigenvalue weighted by Crippen LogP contribution is -2.45. The van der Waals surface area contributed by atoms with E-state index < -0.39 is 5.54 Å². The summed E-state index contributed by atoms with van der Waals surface area (Å²) in [5.41, 5.74) is 3.80. The van der Waals surface area contributed by atoms with Gasteiger partial charge in [-0.15, -0.1) is 0 Å². The zero-order chi connectivity index (χ0) is 18.9. The standard InChI is InChI=1S/C20H23ClN4O/c1-13-6-7-16(10-18(13)21)25-15(3)17(14(2)24-25)11-19(26)23-20(12-22)8-4-5-9-20/h6-7,10H,4-5,8-9,11H2,1-3H3,(H,23,26). The Morgan fingerprint density at radius 1 is 1.35 bits per heavy atom. The number of nitriles is 1. The molecule has 1 N–H and O–H groups in total. The molecule has 0 unspecified atom stereocenters. The Bertz CT molecular complexity index is 888. The molecule has 2 aromatic rings. The van der Waals surface area contributed by atoms with Crippen molar-refractivity contribution in [3.05, 3.63) is 45.7 Å². The van der Waals surface area contributed by atoms with Crippen LogP contribution in [-0.4, -0.2) is 21.2 Å². The van der Waals surface area contributed by atoms with Crippen LogP contribution in [0.4, 0.5) is 0 Å². The quantitative estimate of drug-likeness (QED) is 0.885. The molecule has 1 aliphatic rings. The van der Waals surface area contributed by atoms with Crippen molar-refractivity contribution in [3.63, 3.8) is 0 Å². The fourth-order valence-electron chi connectivity index (χ4n) is 3.61. The molecule has 0 bridgehead atoms. The van der Waals surface area contributed by atoms with Gasteiger partial charge in [-0.1, -0.05) is 17.7 Å². The molecule has 1 aromatic heterocycles. The molecule has 1 aromatic carbocycles. The van der Waals surface area contributed by atoms with Crippen molar-refractivity contribution in [2.45, 2.75) is 58.4 Å². The molecule has 0 atom stereocenters. The third-order valence-corrected chi connectivity index (χ3v) is 5.64. The van der Waals surface area contributed by atoms with E-state index in [9.17, 15) is 10.1 Å². The number of benzene rings is 1. The van der Waals surface area contributed by atoms with Crippen LogP contribution in [-0.2, 0) is 11.2 Å². The van der Waals surface area contributed by atoms with E-state index in [0.717, 1.165) is 53.9 Å². The van der Waals surface area contributed by atoms with Gasteiger partial charge in [-0.25, -0.2) is 4.68 Å². The number of aryl methyl sites for hydroxylation is 2. The first-order valence-corrected chi connectivity index (χ1v) is 9.27. The summed E-state index contributed by atoms with van der Waals surface area (Å²) >= 11 is 6.24. The number of amides is 1. The second-order valence-electron chi connectivity index (χ2n) is 7.12. The van der Waals surface area contributed by atoms with E-state index in [1.165, 1.54) is 0 Å². The molecule has 1 fully saturated rings. The van der Waals surface area contributed by atoms with Crippen LogP contribution in [0.2, 0.25) is 5.02 Å². The van der Waals surface area contributed by atoms with Crippen molar-refractivity contribution in [1.29, 1.82) is 5.26 Å². The van der Waals surface area contributed by atoms with Gasteiger partial charge in [0.25, 0.3) is 0 Å². The van der Waals surface area contributed by atoms with Crippen LogP contribution >= 0.6 is 11.6 Å². The predicted octanol–water partition coefficient (Wildman–Crippen LogP) is 3.95. The third kappa shape index (κ3) is 3.47. The van der Waals surface area contributed by atoms with Gasteiger partial charge in [0, 0.05) is 16.3 Å². The Morgan fingerprint density at radius 3 is 2.65 bits per heavy atom. The van der Waals surface area contributed by atoms with E-state index in [1.807, 2.05) is 43.7 Å². The molecule has 1 amide bonds. The lowest BCUT2D eigenvalue weighted by molar-refractivity contribution is -0.121. The fourth-order valence-corrected chi connectivity index (χ4v) is 3.79. The zero-order valence-electron chi connectivity index (χ0n) is 15.4. The highest BCUT2D eigenvalue weighted by Gasteiger charge is 2.35. The Hall–Kier alpha value is -2.32. The van der Waals surface area contributed by atoms with Crippen LogP contribution < -0.4 is 5.32 Å². The van der Waals surface area contributed by atoms with Gasteiger partial charge in [-0.3, -0.25) is 4.79 Å². The van der Waals surface area contributed by atoms with E-state index in [4.69, 9.17) is 11.6 Å². The summed E-state index contributed by atoms with van der Waals surface area (Å²) in [6.45, 7) is 5.81. The first kappa shape index (κ1) is 18.5. The summed E-state index contributed by atoms with van der Waals surface area (Å²) in [5, 5.41) is 17.7. The van der Waals surface area contributed by atoms with Gasteiger partial charge in [-0.2, -0.15) is 10.4 Å². The minimum Gasteiger partial charge on any atom is -0.338 e. The van der Waals surface area contributed by atoms with Gasteiger partial charge in [0.05, 0.1) is 23.9 Å². The van der Waals surface area contributed by atoms with E-state index in [-0.39, 0.29) is 12.3 Å². The SMILES string of the molecule is Cc1ccc(-n2nc(C)c(CC(=O)NC3(C#N)CCCC3)c2C)cc1Cl. The maximum atomic E-state index is 12.6. The van der Waals surface area contributed by atoms with E-state index >= 15 is 0 Å². The number of carbonyl (C=O) groups excluding carboxylic acids is 1. The average Bonchev–Trinajstić information content (AvgIpc) is 3.18. The molecule has 1 heterocycles. The van der Waals surface area contributed by atoms with Crippen molar-refractivity contribution in [2.24, 2.45) is 0 Å². The van der Waals surface area contributed by atoms with E-state index in [0.29, 0.717) is 5.02 Å². The molecule has 26 heavy (non-hydrogen) atoms. The monoisotopic (exact) mass is 370 g/mol. The van der Waals surface area contributed by atoms with Crippen molar-refractivity contribution < 1.29 is 4.79 Å². The number of nitrogens with one attached hydrogen (secondary N) is 1. The molecule has 0 saturated heterocycles. The zero-order valence-corrected chi connectivity index (χ0v) is 16.2. The number of aromatic nitrogens is 2. The van der Waals surface area contributed by atoms with Crippen LogP contribution in [0.25, 0.3) is 5.69 Å². The highest BCUT2D eigenvalue weighted by atomic mass is 35.5. The Balaban J connectivity index is 1.83. The molecule has 0 aliphatic heterocycles. The van der Waals surface area contributed by atoms with Crippen molar-refractivity contribution in [3.8, 4) is 11.8 Å². The molecule has 0 spiro atoms. The van der Waals surface area contributed by atoms with Gasteiger partial charge in [0.15, 0.2) is 0 Å². The van der Waals surface area contributed by atoms with E-state index in [1.54, 1.807) is 0 Å². The molecular weight excluding hydrogens is 348 g/mol. The number of halogens is 1. The molecule has 136 valence electrons. The normalized spacial score (nSPS) is 15.7. The van der Waals surface area contributed by atoms with Crippen molar-refractivity contribution >= 4 is 17.5 Å². The Labute approximate surface area is 159 Å². The van der Waals surface area contributed by atoms with Crippen molar-refractivity contribution in [1.82, 2.24) is 15.1 Å². The van der Waals surface area contributed by atoms with Gasteiger partial charge in [0.2, 0.25) is 5.91 Å². The smallest absolute Gasteiger partial charge is 0.225 e. The first-order chi connectivity index (χ1) is 12.3. The molecule has 0 radical (unpaired) electrons. The summed E-state index contributed by atoms with van der Waals surface area (Å²) < 4.78 is 1.82. The lowest BCUT2D eigenvalue weighted by Gasteiger charge is -2.22. The molecule has 3 rings (SSSR count). The van der Waals surface area contributed by atoms with Gasteiger partial charge < -0.3 is 5.32 Å². The summed E-state index contributed by atoms with van der Waals surface area (Å²) in [4.78, 5) is 12.6. The largest absolute Gasteiger partial charge is 0.338 e. The van der Waals surface area contributed by atoms with Crippen molar-refractivity contribution in [2.75, 3.05) is 0 Å². The number of nitrogens with zero attached hydrogens (tertiary/aromatic N) is 3. The minimum absolute atomic E-state index is 0.124. The third-order valence-electron chi connectivity index (χ3n) is 5.23. The second kappa shape index (κ2) is 7.13. The maximum absolute atomic E-state index is 12.6. The predicted molar refractivity (Wildman–Crippen MR) is 101 cm³/mol. The first-order valence-electron chi connectivity index (χ1n) is 8.89. The van der Waals surface area contributed by atoms with Gasteiger partial charge in [0.1, 0.15) is 5.54 Å². The number of hydrogen-bond donors (Lipinski definition) is 1. The summed E-state index contributed by atoms with van der Waals surface area (Å²) in [7, 11) is 0. The fraction of sp³-hybridized carbons (Fsp3) is 0.450. The molecule has 5 nitrogen and oxygen atoms in total. The molecule has 1 saturated carbocycles. The van der Waals surface area contributed by atoms with Gasteiger partial charge >= 0.3 is 0 Å². The maximum Gasteiger partial charge on any atom is 0.225 e. The topological polar surface area (TPSA) is 70.7 Å². The highest BCUT2D eigenvalue weighted by molar-refractivity contribution is 6.31. The van der Waals surface area contributed by atoms with Crippen LogP contribution in [0.1, 0.15) is 48.2 Å².